The van der Waals surface area contributed by atoms with Crippen molar-refractivity contribution in [3.8, 4) is 5.75 Å². The molecule has 19 heavy (non-hydrogen) atoms. The molecule has 0 aliphatic rings. The number of aryl methyl sites for hydroxylation is 1. The second kappa shape index (κ2) is 5.41. The van der Waals surface area contributed by atoms with Gasteiger partial charge in [-0.1, -0.05) is 0 Å². The minimum absolute atomic E-state index is 0.0898. The maximum Gasteiger partial charge on any atom is 0.238 e. The van der Waals surface area contributed by atoms with Crippen LogP contribution in [-0.4, -0.2) is 24.6 Å². The Balaban J connectivity index is 2.01. The summed E-state index contributed by atoms with van der Waals surface area (Å²) in [5.41, 5.74) is 0.733. The summed E-state index contributed by atoms with van der Waals surface area (Å²) in [4.78, 5) is 4.02. The van der Waals surface area contributed by atoms with Gasteiger partial charge < -0.3 is 9.30 Å². The van der Waals surface area contributed by atoms with Gasteiger partial charge in [0, 0.05) is 12.4 Å². The molecule has 102 valence electrons. The Bertz CT molecular complexity index is 651. The van der Waals surface area contributed by atoms with Gasteiger partial charge in [-0.25, -0.2) is 18.5 Å². The molecule has 0 spiro atoms. The van der Waals surface area contributed by atoms with Gasteiger partial charge in [0.2, 0.25) is 10.0 Å². The molecule has 0 fully saturated rings. The zero-order valence-electron chi connectivity index (χ0n) is 10.5. The number of hydrogen-bond acceptors (Lipinski definition) is 4. The summed E-state index contributed by atoms with van der Waals surface area (Å²) in [5, 5.41) is 5.06. The van der Waals surface area contributed by atoms with Crippen LogP contribution in [0.1, 0.15) is 5.56 Å². The van der Waals surface area contributed by atoms with E-state index in [2.05, 4.69) is 4.98 Å². The van der Waals surface area contributed by atoms with E-state index in [-0.39, 0.29) is 4.90 Å². The quantitative estimate of drug-likeness (QED) is 0.882. The first-order chi connectivity index (χ1) is 8.97. The summed E-state index contributed by atoms with van der Waals surface area (Å²) in [6.07, 6.45) is 5.26. The summed E-state index contributed by atoms with van der Waals surface area (Å²) in [7, 11) is -3.67. The van der Waals surface area contributed by atoms with Crippen LogP contribution in [0.2, 0.25) is 0 Å². The van der Waals surface area contributed by atoms with Crippen LogP contribution in [0.3, 0.4) is 0 Å². The molecule has 2 aromatic rings. The number of rotatable bonds is 5. The summed E-state index contributed by atoms with van der Waals surface area (Å²) in [6, 6.07) is 4.56. The van der Waals surface area contributed by atoms with E-state index >= 15 is 0 Å². The molecule has 0 saturated carbocycles. The lowest BCUT2D eigenvalue weighted by Gasteiger charge is -2.10. The molecule has 0 aliphatic carbocycles. The van der Waals surface area contributed by atoms with Crippen LogP contribution in [-0.2, 0) is 16.6 Å². The van der Waals surface area contributed by atoms with E-state index in [0.717, 1.165) is 5.56 Å². The van der Waals surface area contributed by atoms with E-state index in [0.29, 0.717) is 18.9 Å². The molecule has 0 saturated heterocycles. The van der Waals surface area contributed by atoms with Crippen LogP contribution in [0, 0.1) is 6.92 Å². The molecule has 0 radical (unpaired) electrons. The van der Waals surface area contributed by atoms with Gasteiger partial charge in [0.1, 0.15) is 12.4 Å². The standard InChI is InChI=1S/C12H15N3O3S/c1-10-8-11(19(13,16)17)2-3-12(10)18-7-6-15-5-4-14-9-15/h2-5,8-9H,6-7H2,1H3,(H2,13,16,17). The van der Waals surface area contributed by atoms with E-state index < -0.39 is 10.0 Å². The Morgan fingerprint density at radius 3 is 2.79 bits per heavy atom. The lowest BCUT2D eigenvalue weighted by atomic mass is 10.2. The van der Waals surface area contributed by atoms with Crippen LogP contribution in [0.4, 0.5) is 0 Å². The third-order valence-electron chi connectivity index (χ3n) is 2.64. The van der Waals surface area contributed by atoms with Gasteiger partial charge in [-0.3, -0.25) is 0 Å². The van der Waals surface area contributed by atoms with Crippen molar-refractivity contribution in [2.75, 3.05) is 6.61 Å². The highest BCUT2D eigenvalue weighted by Gasteiger charge is 2.09. The number of benzene rings is 1. The molecule has 2 rings (SSSR count). The van der Waals surface area contributed by atoms with E-state index in [1.54, 1.807) is 25.5 Å². The smallest absolute Gasteiger partial charge is 0.238 e. The van der Waals surface area contributed by atoms with Crippen LogP contribution < -0.4 is 9.88 Å². The third-order valence-corrected chi connectivity index (χ3v) is 3.55. The second-order valence-corrected chi connectivity index (χ2v) is 5.68. The van der Waals surface area contributed by atoms with Gasteiger partial charge in [-0.05, 0) is 30.7 Å². The Hall–Kier alpha value is -1.86. The lowest BCUT2D eigenvalue weighted by Crippen LogP contribution is -2.12. The predicted octanol–water partition coefficient (Wildman–Crippen LogP) is 0.918. The Morgan fingerprint density at radius 1 is 1.42 bits per heavy atom. The first-order valence-corrected chi connectivity index (χ1v) is 7.23. The summed E-state index contributed by atoms with van der Waals surface area (Å²) in [6.45, 7) is 2.93. The molecule has 0 amide bonds. The number of nitrogens with two attached hydrogens (primary N) is 1. The van der Waals surface area contributed by atoms with Crippen LogP contribution in [0.25, 0.3) is 0 Å². The summed E-state index contributed by atoms with van der Waals surface area (Å²) < 4.78 is 29.9. The largest absolute Gasteiger partial charge is 0.491 e. The number of primary sulfonamides is 1. The van der Waals surface area contributed by atoms with Crippen molar-refractivity contribution >= 4 is 10.0 Å². The predicted molar refractivity (Wildman–Crippen MR) is 70.3 cm³/mol. The average molecular weight is 281 g/mol. The fourth-order valence-electron chi connectivity index (χ4n) is 1.64. The van der Waals surface area contributed by atoms with Crippen molar-refractivity contribution in [3.63, 3.8) is 0 Å². The highest BCUT2D eigenvalue weighted by Crippen LogP contribution is 2.21. The number of hydrogen-bond donors (Lipinski definition) is 1. The van der Waals surface area contributed by atoms with E-state index in [4.69, 9.17) is 9.88 Å². The van der Waals surface area contributed by atoms with Gasteiger partial charge in [0.25, 0.3) is 0 Å². The molecule has 0 atom stereocenters. The van der Waals surface area contributed by atoms with Crippen LogP contribution >= 0.6 is 0 Å². The van der Waals surface area contributed by atoms with Crippen LogP contribution in [0.5, 0.6) is 5.75 Å². The van der Waals surface area contributed by atoms with Gasteiger partial charge in [-0.15, -0.1) is 0 Å². The van der Waals surface area contributed by atoms with Crippen molar-refractivity contribution in [2.45, 2.75) is 18.4 Å². The first-order valence-electron chi connectivity index (χ1n) is 5.69. The lowest BCUT2D eigenvalue weighted by molar-refractivity contribution is 0.296. The van der Waals surface area contributed by atoms with Gasteiger partial charge in [0.15, 0.2) is 0 Å². The maximum atomic E-state index is 11.2. The number of imidazole rings is 1. The Labute approximate surface area is 111 Å². The average Bonchev–Trinajstić information content (AvgIpc) is 2.83. The maximum absolute atomic E-state index is 11.2. The Kier molecular flexibility index (Phi) is 3.87. The van der Waals surface area contributed by atoms with Gasteiger partial charge in [0.05, 0.1) is 17.8 Å². The van der Waals surface area contributed by atoms with Crippen molar-refractivity contribution in [1.29, 1.82) is 0 Å². The van der Waals surface area contributed by atoms with Crippen molar-refractivity contribution in [2.24, 2.45) is 5.14 Å². The molecule has 1 heterocycles. The van der Waals surface area contributed by atoms with E-state index in [9.17, 15) is 8.42 Å². The molecule has 7 heteroatoms. The molecular weight excluding hydrogens is 266 g/mol. The highest BCUT2D eigenvalue weighted by atomic mass is 32.2. The molecule has 6 nitrogen and oxygen atoms in total. The number of ether oxygens (including phenoxy) is 1. The molecule has 0 bridgehead atoms. The molecule has 0 aliphatic heterocycles. The van der Waals surface area contributed by atoms with Gasteiger partial charge >= 0.3 is 0 Å². The van der Waals surface area contributed by atoms with E-state index in [1.807, 2.05) is 10.8 Å². The molecule has 1 aromatic carbocycles. The fourth-order valence-corrected chi connectivity index (χ4v) is 2.24. The normalized spacial score (nSPS) is 11.5. The topological polar surface area (TPSA) is 87.2 Å². The monoisotopic (exact) mass is 281 g/mol. The van der Waals surface area contributed by atoms with Crippen molar-refractivity contribution in [3.05, 3.63) is 42.5 Å². The second-order valence-electron chi connectivity index (χ2n) is 4.12. The molecular formula is C12H15N3O3S. The minimum atomic E-state index is -3.67. The fraction of sp³-hybridized carbons (Fsp3) is 0.250. The summed E-state index contributed by atoms with van der Waals surface area (Å²) in [5.74, 6) is 0.646. The molecule has 1 aromatic heterocycles. The van der Waals surface area contributed by atoms with E-state index in [1.165, 1.54) is 12.1 Å². The first kappa shape index (κ1) is 13.6. The third kappa shape index (κ3) is 3.55. The molecule has 0 unspecified atom stereocenters. The van der Waals surface area contributed by atoms with Crippen LogP contribution in [0.15, 0.2) is 41.8 Å². The molecule has 2 N–H and O–H groups in total. The number of sulfonamides is 1. The minimum Gasteiger partial charge on any atom is -0.491 e. The zero-order chi connectivity index (χ0) is 13.9. The van der Waals surface area contributed by atoms with Crippen molar-refractivity contribution in [1.82, 2.24) is 9.55 Å². The van der Waals surface area contributed by atoms with Gasteiger partial charge in [-0.2, -0.15) is 0 Å². The number of aromatic nitrogens is 2. The summed E-state index contributed by atoms with van der Waals surface area (Å²) >= 11 is 0. The Morgan fingerprint density at radius 2 is 2.21 bits per heavy atom. The number of nitrogens with zero attached hydrogens (tertiary/aromatic N) is 2. The highest BCUT2D eigenvalue weighted by molar-refractivity contribution is 7.89. The SMILES string of the molecule is Cc1cc(S(N)(=O)=O)ccc1OCCn1ccnc1. The zero-order valence-corrected chi connectivity index (χ0v) is 11.3. The van der Waals surface area contributed by atoms with Crippen molar-refractivity contribution < 1.29 is 13.2 Å².